The van der Waals surface area contributed by atoms with E-state index in [1.807, 2.05) is 19.1 Å². The molecule has 5 N–H and O–H groups in total. The van der Waals surface area contributed by atoms with Gasteiger partial charge in [-0.2, -0.15) is 26.3 Å². The molecule has 44 heavy (non-hydrogen) atoms. The van der Waals surface area contributed by atoms with Gasteiger partial charge in [-0.1, -0.05) is 31.2 Å². The molecule has 0 aromatic heterocycles. The van der Waals surface area contributed by atoms with Gasteiger partial charge in [0.15, 0.2) is 0 Å². The van der Waals surface area contributed by atoms with Gasteiger partial charge < -0.3 is 20.8 Å². The molecule has 0 saturated heterocycles. The largest absolute Gasteiger partial charge is 0.511 e. The van der Waals surface area contributed by atoms with E-state index in [1.165, 1.54) is 9.62 Å². The molecule has 0 aliphatic rings. The van der Waals surface area contributed by atoms with Crippen LogP contribution in [0.1, 0.15) is 36.5 Å². The molecule has 0 bridgehead atoms. The van der Waals surface area contributed by atoms with Crippen molar-refractivity contribution < 1.29 is 63.3 Å². The van der Waals surface area contributed by atoms with Crippen LogP contribution in [0.2, 0.25) is 0 Å². The van der Waals surface area contributed by atoms with Gasteiger partial charge in [-0.05, 0) is 48.1 Å². The van der Waals surface area contributed by atoms with Crippen LogP contribution in [0, 0.1) is 11.6 Å². The number of carbonyl (C=O) groups excluding carboxylic acids is 1. The fourth-order valence-electron chi connectivity index (χ4n) is 3.61. The van der Waals surface area contributed by atoms with Crippen LogP contribution in [0.4, 0.5) is 35.1 Å². The van der Waals surface area contributed by atoms with Crippen LogP contribution < -0.4 is 10.5 Å². The zero-order chi connectivity index (χ0) is 33.9. The van der Waals surface area contributed by atoms with Crippen LogP contribution >= 0.6 is 0 Å². The number of sulfonamides is 1. The summed E-state index contributed by atoms with van der Waals surface area (Å²) in [7, 11) is -5.52. The number of aliphatic hydroxyl groups is 1. The maximum absolute atomic E-state index is 13.5. The summed E-state index contributed by atoms with van der Waals surface area (Å²) in [4.78, 5) is 23.1. The Morgan fingerprint density at radius 2 is 1.52 bits per heavy atom. The molecule has 0 aliphatic carbocycles. The summed E-state index contributed by atoms with van der Waals surface area (Å²) in [5, 5.41) is 17.8. The number of carboxylic acid groups (broad SMARTS) is 1. The molecule has 18 heteroatoms. The van der Waals surface area contributed by atoms with Crippen molar-refractivity contribution in [3.8, 4) is 0 Å². The van der Waals surface area contributed by atoms with E-state index in [0.717, 1.165) is 29.7 Å². The van der Waals surface area contributed by atoms with Crippen molar-refractivity contribution in [3.63, 3.8) is 0 Å². The van der Waals surface area contributed by atoms with Gasteiger partial charge in [-0.25, -0.2) is 26.7 Å². The van der Waals surface area contributed by atoms with Crippen molar-refractivity contribution in [3.05, 3.63) is 70.8 Å². The topological polar surface area (TPSA) is 150 Å². The number of aliphatic carboxylic acids is 1. The van der Waals surface area contributed by atoms with Gasteiger partial charge in [-0.3, -0.25) is 4.79 Å². The molecule has 9 nitrogen and oxygen atoms in total. The second-order valence-corrected chi connectivity index (χ2v) is 11.2. The third-order valence-corrected chi connectivity index (χ3v) is 7.02. The van der Waals surface area contributed by atoms with E-state index in [2.05, 4.69) is 0 Å². The van der Waals surface area contributed by atoms with E-state index in [0.29, 0.717) is 6.07 Å². The van der Waals surface area contributed by atoms with Crippen LogP contribution in [0.3, 0.4) is 0 Å². The predicted octanol–water partition coefficient (Wildman–Crippen LogP) is 3.64. The molecule has 2 aromatic carbocycles. The Morgan fingerprint density at radius 1 is 0.977 bits per heavy atom. The number of rotatable bonds is 13. The minimum Gasteiger partial charge on any atom is -0.475 e. The molecule has 0 radical (unpaired) electrons. The fraction of sp³-hybridized carbons (Fsp3) is 0.462. The van der Waals surface area contributed by atoms with Crippen LogP contribution in [-0.4, -0.2) is 72.3 Å². The highest BCUT2D eigenvalue weighted by atomic mass is 32.2. The van der Waals surface area contributed by atoms with E-state index >= 15 is 0 Å². The molecule has 0 spiro atoms. The summed E-state index contributed by atoms with van der Waals surface area (Å²) in [6.07, 6.45) is -6.25. The molecule has 0 fully saturated rings. The Labute approximate surface area is 247 Å². The summed E-state index contributed by atoms with van der Waals surface area (Å²) < 4.78 is 120. The maximum atomic E-state index is 13.5. The van der Waals surface area contributed by atoms with E-state index in [4.69, 9.17) is 15.6 Å². The van der Waals surface area contributed by atoms with Gasteiger partial charge in [-0.15, -0.1) is 0 Å². The van der Waals surface area contributed by atoms with Gasteiger partial charge >= 0.3 is 27.7 Å². The van der Waals surface area contributed by atoms with Gasteiger partial charge in [0.2, 0.25) is 5.91 Å². The molecule has 248 valence electrons. The predicted molar refractivity (Wildman–Crippen MR) is 141 cm³/mol. The highest BCUT2D eigenvalue weighted by molar-refractivity contribution is 7.90. The number of nitrogens with one attached hydrogen (secondary N) is 1. The molecule has 0 aliphatic heterocycles. The lowest BCUT2D eigenvalue weighted by Gasteiger charge is -2.28. The minimum atomic E-state index is -5.52. The van der Waals surface area contributed by atoms with Crippen molar-refractivity contribution in [2.75, 3.05) is 13.1 Å². The molecule has 2 aromatic rings. The number of alkyl halides is 6. The first-order valence-electron chi connectivity index (χ1n) is 12.8. The summed E-state index contributed by atoms with van der Waals surface area (Å²) >= 11 is 0. The highest BCUT2D eigenvalue weighted by Crippen LogP contribution is 2.21. The molecule has 2 atom stereocenters. The van der Waals surface area contributed by atoms with Crippen molar-refractivity contribution >= 4 is 21.9 Å². The first-order chi connectivity index (χ1) is 20.2. The number of amides is 1. The van der Waals surface area contributed by atoms with Crippen molar-refractivity contribution in [1.29, 1.82) is 0 Å². The first kappa shape index (κ1) is 38.7. The molecule has 2 rings (SSSR count). The highest BCUT2D eigenvalue weighted by Gasteiger charge is 2.45. The zero-order valence-corrected chi connectivity index (χ0v) is 23.9. The van der Waals surface area contributed by atoms with E-state index in [9.17, 15) is 53.4 Å². The minimum absolute atomic E-state index is 0.0549. The average molecular weight is 666 g/mol. The number of halogens is 8. The third-order valence-electron chi connectivity index (χ3n) is 5.83. The van der Waals surface area contributed by atoms with E-state index < -0.39 is 63.9 Å². The fourth-order valence-corrected chi connectivity index (χ4v) is 4.18. The monoisotopic (exact) mass is 665 g/mol. The number of nitrogens with zero attached hydrogens (tertiary/aromatic N) is 1. The van der Waals surface area contributed by atoms with Gasteiger partial charge in [0.05, 0.1) is 6.10 Å². The van der Waals surface area contributed by atoms with Gasteiger partial charge in [0.1, 0.15) is 11.6 Å². The van der Waals surface area contributed by atoms with Crippen LogP contribution in [-0.2, 0) is 39.0 Å². The van der Waals surface area contributed by atoms with Crippen molar-refractivity contribution in [2.24, 2.45) is 5.73 Å². The van der Waals surface area contributed by atoms with E-state index in [-0.39, 0.29) is 37.9 Å². The second kappa shape index (κ2) is 16.6. The van der Waals surface area contributed by atoms with Gasteiger partial charge in [0.25, 0.3) is 0 Å². The molecule has 0 saturated carbocycles. The number of hydrogen-bond donors (Lipinski definition) is 4. The van der Waals surface area contributed by atoms with Crippen molar-refractivity contribution in [2.45, 2.75) is 63.0 Å². The quantitative estimate of drug-likeness (QED) is 0.189. The van der Waals surface area contributed by atoms with Crippen LogP contribution in [0.15, 0.2) is 42.5 Å². The Hall–Kier alpha value is -3.35. The lowest BCUT2D eigenvalue weighted by Crippen LogP contribution is -2.46. The Bertz CT molecular complexity index is 1340. The first-order valence-corrected chi connectivity index (χ1v) is 14.2. The summed E-state index contributed by atoms with van der Waals surface area (Å²) in [6, 6.07) is 9.18. The lowest BCUT2D eigenvalue weighted by molar-refractivity contribution is -0.192. The third kappa shape index (κ3) is 13.5. The summed E-state index contributed by atoms with van der Waals surface area (Å²) in [5.74, 6) is -4.90. The Kier molecular flexibility index (Phi) is 14.6. The van der Waals surface area contributed by atoms with Crippen LogP contribution in [0.25, 0.3) is 0 Å². The average Bonchev–Trinajstić information content (AvgIpc) is 2.89. The Balaban J connectivity index is 0.00000123. The zero-order valence-electron chi connectivity index (χ0n) is 23.1. The molecule has 1 amide bonds. The molecule has 0 unspecified atom stereocenters. The number of nitrogens with two attached hydrogens (primary N) is 1. The number of carbonyl (C=O) groups is 2. The molecule has 0 heterocycles. The standard InChI is InChI=1S/C24H30F5N3O4S.C2HF3O2/c1-2-16-5-3-6-17(9-16)14-32(23(34)7-4-8-31-37(35,36)24(27,28)29)15-22(33)21(30)12-18-10-19(25)13-20(26)11-18;3-2(4,5)1(6)7/h3,5-6,9-11,13,21-22,31,33H,2,4,7-8,12,14-15,30H2,1H3;(H,6,7)/t21-,22+;/m0./s1. The number of benzene rings is 2. The van der Waals surface area contributed by atoms with Crippen molar-refractivity contribution in [1.82, 2.24) is 9.62 Å². The SMILES string of the molecule is CCc1cccc(CN(C[C@@H](O)[C@@H](N)Cc2cc(F)cc(F)c2)C(=O)CCCNS(=O)(=O)C(F)(F)F)c1.O=C(O)C(F)(F)F. The smallest absolute Gasteiger partial charge is 0.475 e. The number of aliphatic hydroxyl groups excluding tert-OH is 1. The normalized spacial score (nSPS) is 13.4. The number of carboxylic acids is 1. The second-order valence-electron chi connectivity index (χ2n) is 9.41. The Morgan fingerprint density at radius 3 is 2.02 bits per heavy atom. The summed E-state index contributed by atoms with van der Waals surface area (Å²) in [5.41, 5.74) is 2.52. The lowest BCUT2D eigenvalue weighted by atomic mass is 10.0. The van der Waals surface area contributed by atoms with Gasteiger partial charge in [0, 0.05) is 38.2 Å². The number of hydrogen-bond acceptors (Lipinski definition) is 6. The van der Waals surface area contributed by atoms with E-state index in [1.54, 1.807) is 12.1 Å². The maximum Gasteiger partial charge on any atom is 0.511 e. The van der Waals surface area contributed by atoms with Crippen LogP contribution in [0.5, 0.6) is 0 Å². The number of aryl methyl sites for hydroxylation is 1. The molecular weight excluding hydrogens is 634 g/mol. The summed E-state index contributed by atoms with van der Waals surface area (Å²) in [6.45, 7) is 1.13. The molecular formula is C26H31F8N3O6S.